The van der Waals surface area contributed by atoms with Gasteiger partial charge in [-0.3, -0.25) is 4.79 Å². The van der Waals surface area contributed by atoms with Gasteiger partial charge < -0.3 is 5.32 Å². The summed E-state index contributed by atoms with van der Waals surface area (Å²) < 4.78 is 25.6. The van der Waals surface area contributed by atoms with Crippen LogP contribution in [0.4, 0.5) is 5.69 Å². The van der Waals surface area contributed by atoms with Crippen molar-refractivity contribution in [3.05, 3.63) is 64.7 Å². The Morgan fingerprint density at radius 2 is 1.74 bits per heavy atom. The molecule has 0 bridgehead atoms. The number of hydrogen-bond donors (Lipinski definition) is 1. The Morgan fingerprint density at radius 3 is 2.33 bits per heavy atom. The first-order valence-electron chi connectivity index (χ1n) is 9.09. The molecule has 1 amide bonds. The Labute approximate surface area is 162 Å². The maximum Gasteiger partial charge on any atom is 0.225 e. The minimum atomic E-state index is -3.41. The van der Waals surface area contributed by atoms with Crippen LogP contribution >= 0.6 is 0 Å². The summed E-state index contributed by atoms with van der Waals surface area (Å²) in [6.45, 7) is 6.38. The molecule has 0 saturated heterocycles. The van der Waals surface area contributed by atoms with Crippen LogP contribution in [0.2, 0.25) is 0 Å². The van der Waals surface area contributed by atoms with Crippen LogP contribution in [0.15, 0.2) is 42.5 Å². The molecule has 27 heavy (non-hydrogen) atoms. The fourth-order valence-electron chi connectivity index (χ4n) is 2.89. The average Bonchev–Trinajstić information content (AvgIpc) is 2.61. The highest BCUT2D eigenvalue weighted by molar-refractivity contribution is 7.88. The van der Waals surface area contributed by atoms with Crippen molar-refractivity contribution in [2.45, 2.75) is 40.2 Å². The molecule has 2 aromatic carbocycles. The van der Waals surface area contributed by atoms with Gasteiger partial charge in [-0.25, -0.2) is 8.42 Å². The van der Waals surface area contributed by atoms with Crippen molar-refractivity contribution in [3.63, 3.8) is 0 Å². The number of para-hydroxylation sites is 1. The zero-order chi connectivity index (χ0) is 20.0. The Kier molecular flexibility index (Phi) is 7.16. The normalized spacial score (nSPS) is 11.6. The third-order valence-electron chi connectivity index (χ3n) is 4.54. The highest BCUT2D eigenvalue weighted by Gasteiger charge is 2.19. The number of nitrogens with one attached hydrogen (secondary N) is 1. The van der Waals surface area contributed by atoms with E-state index in [0.29, 0.717) is 0 Å². The summed E-state index contributed by atoms with van der Waals surface area (Å²) >= 11 is 0. The summed E-state index contributed by atoms with van der Waals surface area (Å²) in [5, 5.41) is 2.95. The summed E-state index contributed by atoms with van der Waals surface area (Å²) in [5.41, 5.74) is 4.92. The predicted molar refractivity (Wildman–Crippen MR) is 110 cm³/mol. The van der Waals surface area contributed by atoms with Gasteiger partial charge in [-0.05, 0) is 37.0 Å². The van der Waals surface area contributed by atoms with Crippen LogP contribution in [0, 0.1) is 13.8 Å². The molecule has 0 heterocycles. The second-order valence-electron chi connectivity index (χ2n) is 6.84. The van der Waals surface area contributed by atoms with Gasteiger partial charge in [0.25, 0.3) is 0 Å². The van der Waals surface area contributed by atoms with Crippen LogP contribution in [0.25, 0.3) is 0 Å². The topological polar surface area (TPSA) is 66.5 Å². The molecule has 2 rings (SSSR count). The molecule has 0 aliphatic carbocycles. The zero-order valence-corrected chi connectivity index (χ0v) is 17.3. The van der Waals surface area contributed by atoms with E-state index in [-0.39, 0.29) is 25.4 Å². The first kappa shape index (κ1) is 21.1. The third kappa shape index (κ3) is 6.19. The lowest BCUT2D eigenvalue weighted by molar-refractivity contribution is -0.116. The maximum atomic E-state index is 12.4. The molecule has 0 unspecified atom stereocenters. The molecule has 0 radical (unpaired) electrons. The number of sulfonamides is 1. The molecule has 0 aliphatic rings. The van der Waals surface area contributed by atoms with E-state index in [1.54, 1.807) is 0 Å². The first-order valence-corrected chi connectivity index (χ1v) is 10.9. The zero-order valence-electron chi connectivity index (χ0n) is 16.5. The molecular weight excluding hydrogens is 360 g/mol. The molecule has 6 heteroatoms. The summed E-state index contributed by atoms with van der Waals surface area (Å²) in [4.78, 5) is 12.4. The Balaban J connectivity index is 2.04. The van der Waals surface area contributed by atoms with Crippen LogP contribution in [0.3, 0.4) is 0 Å². The minimum absolute atomic E-state index is 0.108. The number of carbonyl (C=O) groups excluding carboxylic acids is 1. The van der Waals surface area contributed by atoms with Gasteiger partial charge in [0.1, 0.15) is 0 Å². The summed E-state index contributed by atoms with van der Waals surface area (Å²) in [5.74, 6) is -0.184. The van der Waals surface area contributed by atoms with Crippen molar-refractivity contribution in [3.8, 4) is 0 Å². The Morgan fingerprint density at radius 1 is 1.07 bits per heavy atom. The molecule has 146 valence electrons. The second kappa shape index (κ2) is 9.15. The van der Waals surface area contributed by atoms with Crippen molar-refractivity contribution >= 4 is 21.6 Å². The third-order valence-corrected chi connectivity index (χ3v) is 5.79. The van der Waals surface area contributed by atoms with Crippen LogP contribution in [-0.4, -0.2) is 31.4 Å². The lowest BCUT2D eigenvalue weighted by atomic mass is 10.1. The van der Waals surface area contributed by atoms with Crippen molar-refractivity contribution in [1.29, 1.82) is 0 Å². The minimum Gasteiger partial charge on any atom is -0.326 e. The number of nitrogens with zero attached hydrogens (tertiary/aromatic N) is 1. The standard InChI is InChI=1S/C21H28N2O3S/c1-5-19-8-6-7-17(3)21(19)22-20(24)13-14-23(27(4,25)26)15-18-11-9-16(2)10-12-18/h6-12H,5,13-15H2,1-4H3,(H,22,24). The second-order valence-corrected chi connectivity index (χ2v) is 8.83. The highest BCUT2D eigenvalue weighted by atomic mass is 32.2. The monoisotopic (exact) mass is 388 g/mol. The summed E-state index contributed by atoms with van der Waals surface area (Å²) in [7, 11) is -3.41. The fourth-order valence-corrected chi connectivity index (χ4v) is 3.70. The molecular formula is C21H28N2O3S. The SMILES string of the molecule is CCc1cccc(C)c1NC(=O)CCN(Cc1ccc(C)cc1)S(C)(=O)=O. The van der Waals surface area contributed by atoms with Gasteiger partial charge in [-0.1, -0.05) is 55.0 Å². The van der Waals surface area contributed by atoms with Crippen LogP contribution in [-0.2, 0) is 27.8 Å². The van der Waals surface area contributed by atoms with Crippen molar-refractivity contribution in [2.24, 2.45) is 0 Å². The molecule has 0 spiro atoms. The molecule has 0 aliphatic heterocycles. The van der Waals surface area contributed by atoms with E-state index in [9.17, 15) is 13.2 Å². The van der Waals surface area contributed by atoms with E-state index < -0.39 is 10.0 Å². The van der Waals surface area contributed by atoms with Crippen molar-refractivity contribution < 1.29 is 13.2 Å². The number of benzene rings is 2. The maximum absolute atomic E-state index is 12.4. The van der Waals surface area contributed by atoms with Crippen LogP contribution in [0.5, 0.6) is 0 Å². The fraction of sp³-hybridized carbons (Fsp3) is 0.381. The number of hydrogen-bond acceptors (Lipinski definition) is 3. The van der Waals surface area contributed by atoms with Crippen molar-refractivity contribution in [2.75, 3.05) is 18.1 Å². The van der Waals surface area contributed by atoms with Crippen LogP contribution < -0.4 is 5.32 Å². The van der Waals surface area contributed by atoms with Gasteiger partial charge in [-0.2, -0.15) is 4.31 Å². The quantitative estimate of drug-likeness (QED) is 0.750. The van der Waals surface area contributed by atoms with E-state index in [1.165, 1.54) is 10.6 Å². The molecule has 5 nitrogen and oxygen atoms in total. The van der Waals surface area contributed by atoms with Gasteiger partial charge in [0, 0.05) is 25.2 Å². The molecule has 1 N–H and O–H groups in total. The van der Waals surface area contributed by atoms with E-state index in [2.05, 4.69) is 5.32 Å². The molecule has 0 aromatic heterocycles. The smallest absolute Gasteiger partial charge is 0.225 e. The molecule has 0 saturated carbocycles. The highest BCUT2D eigenvalue weighted by Crippen LogP contribution is 2.21. The van der Waals surface area contributed by atoms with E-state index in [0.717, 1.165) is 34.4 Å². The largest absolute Gasteiger partial charge is 0.326 e. The molecule has 0 fully saturated rings. The predicted octanol–water partition coefficient (Wildman–Crippen LogP) is 3.66. The van der Waals surface area contributed by atoms with E-state index >= 15 is 0 Å². The number of carbonyl (C=O) groups is 1. The molecule has 2 aromatic rings. The number of rotatable bonds is 8. The van der Waals surface area contributed by atoms with Gasteiger partial charge in [-0.15, -0.1) is 0 Å². The van der Waals surface area contributed by atoms with Crippen molar-refractivity contribution in [1.82, 2.24) is 4.31 Å². The molecule has 0 atom stereocenters. The Bertz CT molecular complexity index is 890. The Hall–Kier alpha value is -2.18. The number of aryl methyl sites for hydroxylation is 3. The first-order chi connectivity index (χ1) is 12.7. The van der Waals surface area contributed by atoms with Gasteiger partial charge in [0.05, 0.1) is 6.26 Å². The van der Waals surface area contributed by atoms with Gasteiger partial charge >= 0.3 is 0 Å². The number of anilines is 1. The summed E-state index contributed by atoms with van der Waals surface area (Å²) in [6, 6.07) is 13.6. The van der Waals surface area contributed by atoms with Crippen LogP contribution in [0.1, 0.15) is 35.6 Å². The lowest BCUT2D eigenvalue weighted by Crippen LogP contribution is -2.32. The average molecular weight is 389 g/mol. The summed E-state index contributed by atoms with van der Waals surface area (Å²) in [6.07, 6.45) is 2.10. The van der Waals surface area contributed by atoms with Gasteiger partial charge in [0.15, 0.2) is 0 Å². The lowest BCUT2D eigenvalue weighted by Gasteiger charge is -2.20. The van der Waals surface area contributed by atoms with E-state index in [4.69, 9.17) is 0 Å². The number of amides is 1. The van der Waals surface area contributed by atoms with Gasteiger partial charge in [0.2, 0.25) is 15.9 Å². The van der Waals surface area contributed by atoms with E-state index in [1.807, 2.05) is 63.2 Å².